The van der Waals surface area contributed by atoms with Gasteiger partial charge in [-0.3, -0.25) is 4.79 Å². The molecular formula is C10H17NO3. The molecule has 4 heteroatoms. The van der Waals surface area contributed by atoms with Crippen molar-refractivity contribution in [3.8, 4) is 0 Å². The van der Waals surface area contributed by atoms with E-state index in [0.717, 1.165) is 25.9 Å². The number of carbonyl (C=O) groups is 1. The zero-order valence-corrected chi connectivity index (χ0v) is 8.32. The third-order valence-corrected chi connectivity index (χ3v) is 3.13. The van der Waals surface area contributed by atoms with Crippen molar-refractivity contribution >= 4 is 5.91 Å². The lowest BCUT2D eigenvalue weighted by Gasteiger charge is -2.19. The van der Waals surface area contributed by atoms with Crippen LogP contribution in [-0.2, 0) is 9.53 Å². The van der Waals surface area contributed by atoms with Crippen molar-refractivity contribution in [1.82, 2.24) is 4.90 Å². The quantitative estimate of drug-likeness (QED) is 0.673. The Hall–Kier alpha value is -0.610. The molecule has 0 aromatic heterocycles. The first-order chi connectivity index (χ1) is 6.81. The number of likely N-dealkylation sites (tertiary alicyclic amines) is 1. The van der Waals surface area contributed by atoms with Gasteiger partial charge in [0.1, 0.15) is 0 Å². The Labute approximate surface area is 83.8 Å². The molecule has 0 aliphatic carbocycles. The van der Waals surface area contributed by atoms with Crippen LogP contribution in [0.3, 0.4) is 0 Å². The van der Waals surface area contributed by atoms with E-state index in [-0.39, 0.29) is 18.4 Å². The second kappa shape index (κ2) is 4.28. The molecule has 2 atom stereocenters. The number of hydrogen-bond donors (Lipinski definition) is 1. The fourth-order valence-corrected chi connectivity index (χ4v) is 2.17. The molecule has 4 nitrogen and oxygen atoms in total. The minimum Gasteiger partial charge on any atom is -0.396 e. The largest absolute Gasteiger partial charge is 0.396 e. The molecule has 2 fully saturated rings. The van der Waals surface area contributed by atoms with Crippen molar-refractivity contribution in [2.24, 2.45) is 11.8 Å². The summed E-state index contributed by atoms with van der Waals surface area (Å²) < 4.78 is 5.19. The minimum absolute atomic E-state index is 0.0763. The zero-order valence-electron chi connectivity index (χ0n) is 8.32. The predicted octanol–water partition coefficient (Wildman–Crippen LogP) is -0.136. The molecule has 0 aromatic carbocycles. The van der Waals surface area contributed by atoms with Gasteiger partial charge in [-0.15, -0.1) is 0 Å². The Morgan fingerprint density at radius 3 is 2.93 bits per heavy atom. The van der Waals surface area contributed by atoms with Crippen LogP contribution < -0.4 is 0 Å². The Morgan fingerprint density at radius 2 is 2.36 bits per heavy atom. The minimum atomic E-state index is 0.0763. The molecule has 2 aliphatic rings. The highest BCUT2D eigenvalue weighted by Crippen LogP contribution is 2.21. The molecule has 0 bridgehead atoms. The summed E-state index contributed by atoms with van der Waals surface area (Å²) in [6.45, 7) is 3.03. The topological polar surface area (TPSA) is 49.8 Å². The lowest BCUT2D eigenvalue weighted by atomic mass is 10.1. The maximum absolute atomic E-state index is 11.9. The third-order valence-electron chi connectivity index (χ3n) is 3.13. The number of aliphatic hydroxyl groups is 1. The molecule has 0 spiro atoms. The Balaban J connectivity index is 1.86. The molecule has 0 aromatic rings. The molecule has 0 saturated carbocycles. The first-order valence-corrected chi connectivity index (χ1v) is 5.28. The molecule has 14 heavy (non-hydrogen) atoms. The summed E-state index contributed by atoms with van der Waals surface area (Å²) in [5, 5.41) is 8.97. The number of amides is 1. The van der Waals surface area contributed by atoms with E-state index >= 15 is 0 Å². The van der Waals surface area contributed by atoms with Gasteiger partial charge in [-0.1, -0.05) is 0 Å². The Morgan fingerprint density at radius 1 is 1.50 bits per heavy atom. The highest BCUT2D eigenvalue weighted by Gasteiger charge is 2.32. The zero-order chi connectivity index (χ0) is 9.97. The first kappa shape index (κ1) is 9.93. The van der Waals surface area contributed by atoms with Gasteiger partial charge in [-0.05, 0) is 12.8 Å². The average molecular weight is 199 g/mol. The van der Waals surface area contributed by atoms with E-state index in [0.29, 0.717) is 19.1 Å². The second-order valence-corrected chi connectivity index (χ2v) is 4.18. The fourth-order valence-electron chi connectivity index (χ4n) is 2.17. The van der Waals surface area contributed by atoms with Gasteiger partial charge in [-0.25, -0.2) is 0 Å². The van der Waals surface area contributed by atoms with E-state index in [9.17, 15) is 4.79 Å². The van der Waals surface area contributed by atoms with E-state index in [4.69, 9.17) is 9.84 Å². The summed E-state index contributed by atoms with van der Waals surface area (Å²) >= 11 is 0. The summed E-state index contributed by atoms with van der Waals surface area (Å²) in [6, 6.07) is 0. The van der Waals surface area contributed by atoms with Gasteiger partial charge in [0, 0.05) is 32.2 Å². The maximum Gasteiger partial charge on any atom is 0.228 e. The third kappa shape index (κ3) is 1.91. The van der Waals surface area contributed by atoms with Crippen molar-refractivity contribution < 1.29 is 14.6 Å². The summed E-state index contributed by atoms with van der Waals surface area (Å²) in [5.41, 5.74) is 0. The molecule has 0 radical (unpaired) electrons. The van der Waals surface area contributed by atoms with Crippen LogP contribution in [0.4, 0.5) is 0 Å². The molecule has 1 amide bonds. The summed E-state index contributed by atoms with van der Waals surface area (Å²) in [7, 11) is 0. The molecule has 2 saturated heterocycles. The highest BCUT2D eigenvalue weighted by atomic mass is 16.5. The van der Waals surface area contributed by atoms with Crippen LogP contribution in [0.25, 0.3) is 0 Å². The van der Waals surface area contributed by atoms with E-state index in [1.807, 2.05) is 4.90 Å². The van der Waals surface area contributed by atoms with Crippen LogP contribution in [-0.4, -0.2) is 48.8 Å². The summed E-state index contributed by atoms with van der Waals surface area (Å²) in [6.07, 6.45) is 1.80. The normalized spacial score (nSPS) is 32.5. The van der Waals surface area contributed by atoms with Crippen molar-refractivity contribution in [2.75, 3.05) is 32.9 Å². The second-order valence-electron chi connectivity index (χ2n) is 4.18. The molecular weight excluding hydrogens is 182 g/mol. The number of nitrogens with zero attached hydrogens (tertiary/aromatic N) is 1. The van der Waals surface area contributed by atoms with E-state index in [2.05, 4.69) is 0 Å². The van der Waals surface area contributed by atoms with Gasteiger partial charge in [-0.2, -0.15) is 0 Å². The van der Waals surface area contributed by atoms with Crippen molar-refractivity contribution in [3.05, 3.63) is 0 Å². The van der Waals surface area contributed by atoms with E-state index in [1.165, 1.54) is 0 Å². The predicted molar refractivity (Wildman–Crippen MR) is 50.7 cm³/mol. The molecule has 0 unspecified atom stereocenters. The van der Waals surface area contributed by atoms with Gasteiger partial charge in [0.25, 0.3) is 0 Å². The van der Waals surface area contributed by atoms with Gasteiger partial charge in [0.15, 0.2) is 0 Å². The maximum atomic E-state index is 11.9. The van der Waals surface area contributed by atoms with Gasteiger partial charge >= 0.3 is 0 Å². The van der Waals surface area contributed by atoms with Crippen molar-refractivity contribution in [3.63, 3.8) is 0 Å². The van der Waals surface area contributed by atoms with E-state index < -0.39 is 0 Å². The molecule has 1 N–H and O–H groups in total. The van der Waals surface area contributed by atoms with Crippen LogP contribution in [0.1, 0.15) is 12.8 Å². The van der Waals surface area contributed by atoms with Crippen LogP contribution in [0.2, 0.25) is 0 Å². The number of rotatable bonds is 2. The molecule has 2 aliphatic heterocycles. The van der Waals surface area contributed by atoms with Gasteiger partial charge in [0.05, 0.1) is 12.5 Å². The Bertz CT molecular complexity index is 213. The number of ether oxygens (including phenoxy) is 1. The SMILES string of the molecule is O=C([C@@H]1CCOC1)N1CC[C@@H](CO)C1. The molecule has 2 heterocycles. The van der Waals surface area contributed by atoms with Crippen LogP contribution in [0.15, 0.2) is 0 Å². The highest BCUT2D eigenvalue weighted by molar-refractivity contribution is 5.79. The number of hydrogen-bond acceptors (Lipinski definition) is 3. The number of carbonyl (C=O) groups excluding carboxylic acids is 1. The monoisotopic (exact) mass is 199 g/mol. The van der Waals surface area contributed by atoms with Crippen molar-refractivity contribution in [2.45, 2.75) is 12.8 Å². The molecule has 2 rings (SSSR count). The van der Waals surface area contributed by atoms with Gasteiger partial charge < -0.3 is 14.7 Å². The smallest absolute Gasteiger partial charge is 0.228 e. The average Bonchev–Trinajstić information content (AvgIpc) is 2.88. The summed E-state index contributed by atoms with van der Waals surface area (Å²) in [4.78, 5) is 13.7. The summed E-state index contributed by atoms with van der Waals surface area (Å²) in [5.74, 6) is 0.590. The lowest BCUT2D eigenvalue weighted by molar-refractivity contribution is -0.134. The van der Waals surface area contributed by atoms with Gasteiger partial charge in [0.2, 0.25) is 5.91 Å². The van der Waals surface area contributed by atoms with Crippen LogP contribution in [0.5, 0.6) is 0 Å². The fraction of sp³-hybridized carbons (Fsp3) is 0.900. The standard InChI is InChI=1S/C10H17NO3/c12-6-8-1-3-11(5-8)10(13)9-2-4-14-7-9/h8-9,12H,1-7H2/t8-,9-/m1/s1. The van der Waals surface area contributed by atoms with Crippen molar-refractivity contribution in [1.29, 1.82) is 0 Å². The first-order valence-electron chi connectivity index (χ1n) is 5.28. The van der Waals surface area contributed by atoms with E-state index in [1.54, 1.807) is 0 Å². The van der Waals surface area contributed by atoms with Crippen LogP contribution >= 0.6 is 0 Å². The lowest BCUT2D eigenvalue weighted by Crippen LogP contribution is -2.34. The molecule has 80 valence electrons. The van der Waals surface area contributed by atoms with Crippen LogP contribution in [0, 0.1) is 11.8 Å². The number of aliphatic hydroxyl groups excluding tert-OH is 1. The Kier molecular flexibility index (Phi) is 3.03.